The lowest BCUT2D eigenvalue weighted by molar-refractivity contribution is -0.915. The first-order chi connectivity index (χ1) is 6.83. The van der Waals surface area contributed by atoms with Crippen LogP contribution in [0.25, 0.3) is 0 Å². The predicted molar refractivity (Wildman–Crippen MR) is 62.4 cm³/mol. The molecule has 0 spiro atoms. The molecule has 0 aromatic rings. The van der Waals surface area contributed by atoms with E-state index in [1.165, 1.54) is 49.9 Å². The fourth-order valence-electron chi connectivity index (χ4n) is 2.18. The fraction of sp³-hybridized carbons (Fsp3) is 1.00. The minimum atomic E-state index is -3.67. The normalized spacial score (nSPS) is 19.5. The second kappa shape index (κ2) is 6.45. The van der Waals surface area contributed by atoms with Gasteiger partial charge in [-0.25, -0.2) is 0 Å². The Hall–Kier alpha value is -0.130. The first kappa shape index (κ1) is 14.9. The van der Waals surface area contributed by atoms with Gasteiger partial charge < -0.3 is 4.48 Å². The van der Waals surface area contributed by atoms with E-state index in [0.717, 1.165) is 0 Å². The zero-order chi connectivity index (χ0) is 11.9. The number of hydrogen-bond donors (Lipinski definition) is 1. The highest BCUT2D eigenvalue weighted by molar-refractivity contribution is 7.85. The maximum absolute atomic E-state index is 9.19. The molecule has 0 amide bonds. The van der Waals surface area contributed by atoms with Crippen LogP contribution in [0.2, 0.25) is 0 Å². The molecule has 1 rings (SSSR count). The summed E-state index contributed by atoms with van der Waals surface area (Å²) < 4.78 is 27.3. The van der Waals surface area contributed by atoms with Crippen molar-refractivity contribution < 1.29 is 17.5 Å². The van der Waals surface area contributed by atoms with E-state index in [0.29, 0.717) is 6.26 Å². The Labute approximate surface area is 93.6 Å². The third-order valence-electron chi connectivity index (χ3n) is 2.88. The zero-order valence-corrected chi connectivity index (χ0v) is 10.9. The van der Waals surface area contributed by atoms with Crippen molar-refractivity contribution in [3.63, 3.8) is 0 Å². The van der Waals surface area contributed by atoms with Crippen LogP contribution in [0.4, 0.5) is 0 Å². The molecule has 1 saturated heterocycles. The summed E-state index contributed by atoms with van der Waals surface area (Å²) in [5.41, 5.74) is 0. The molecule has 0 radical (unpaired) electrons. The number of nitrogens with zero attached hydrogens (tertiary/aromatic N) is 1. The van der Waals surface area contributed by atoms with Gasteiger partial charge in [-0.3, -0.25) is 4.55 Å². The monoisotopic (exact) mass is 238 g/mol. The number of rotatable bonds is 3. The van der Waals surface area contributed by atoms with Crippen LogP contribution in [-0.2, 0) is 10.1 Å². The molecule has 0 atom stereocenters. The Morgan fingerprint density at radius 1 is 1.20 bits per heavy atom. The highest BCUT2D eigenvalue weighted by Crippen LogP contribution is 2.18. The van der Waals surface area contributed by atoms with Crippen LogP contribution >= 0.6 is 0 Å². The standard InChI is InChI=1S/C9H20N.CH4O3S/c1-3-7-10(4-2)8-5-6-9-10;1-5(2,3)4/h3-9H2,1-2H3;1H3,(H,2,3,4)/q+1;. The highest BCUT2D eigenvalue weighted by Gasteiger charge is 2.28. The van der Waals surface area contributed by atoms with Gasteiger partial charge >= 0.3 is 0 Å². The first-order valence-corrected chi connectivity index (χ1v) is 7.45. The largest absolute Gasteiger partial charge is 0.324 e. The molecule has 1 aliphatic heterocycles. The molecule has 0 saturated carbocycles. The summed E-state index contributed by atoms with van der Waals surface area (Å²) >= 11 is 0. The minimum absolute atomic E-state index is 0.715. The molecule has 4 nitrogen and oxygen atoms in total. The lowest BCUT2D eigenvalue weighted by Gasteiger charge is -2.32. The Kier molecular flexibility index (Phi) is 6.40. The number of hydrogen-bond acceptors (Lipinski definition) is 2. The van der Waals surface area contributed by atoms with E-state index in [1.54, 1.807) is 0 Å². The number of quaternary nitrogens is 1. The SMILES string of the molecule is CCC[N+]1(CC)CCCC1.CS(=O)(=O)O. The Morgan fingerprint density at radius 2 is 1.60 bits per heavy atom. The van der Waals surface area contributed by atoms with E-state index in [1.807, 2.05) is 0 Å². The second-order valence-corrected chi connectivity index (χ2v) is 5.73. The van der Waals surface area contributed by atoms with Crippen molar-refractivity contribution in [3.05, 3.63) is 0 Å². The van der Waals surface area contributed by atoms with Crippen molar-refractivity contribution >= 4 is 10.1 Å². The summed E-state index contributed by atoms with van der Waals surface area (Å²) in [6.45, 7) is 10.3. The zero-order valence-electron chi connectivity index (χ0n) is 10.1. The summed E-state index contributed by atoms with van der Waals surface area (Å²) in [5, 5.41) is 0. The lowest BCUT2D eigenvalue weighted by atomic mass is 10.3. The van der Waals surface area contributed by atoms with Crippen molar-refractivity contribution in [2.45, 2.75) is 33.1 Å². The molecule has 1 heterocycles. The van der Waals surface area contributed by atoms with Crippen LogP contribution in [0.5, 0.6) is 0 Å². The number of likely N-dealkylation sites (tertiary alicyclic amines) is 1. The molecule has 0 bridgehead atoms. The van der Waals surface area contributed by atoms with E-state index >= 15 is 0 Å². The Morgan fingerprint density at radius 3 is 1.87 bits per heavy atom. The summed E-state index contributed by atoms with van der Waals surface area (Å²) in [5.74, 6) is 0. The Bertz CT molecular complexity index is 248. The van der Waals surface area contributed by atoms with Gasteiger partial charge in [-0.05, 0) is 13.3 Å². The average Bonchev–Trinajstić information content (AvgIpc) is 2.51. The van der Waals surface area contributed by atoms with Crippen LogP contribution in [0, 0.1) is 0 Å². The average molecular weight is 238 g/mol. The highest BCUT2D eigenvalue weighted by atomic mass is 32.2. The molecule has 15 heavy (non-hydrogen) atoms. The van der Waals surface area contributed by atoms with Crippen LogP contribution in [-0.4, -0.2) is 49.9 Å². The van der Waals surface area contributed by atoms with Gasteiger partial charge in [0, 0.05) is 12.8 Å². The van der Waals surface area contributed by atoms with Crippen molar-refractivity contribution in [2.24, 2.45) is 0 Å². The van der Waals surface area contributed by atoms with Crippen molar-refractivity contribution in [3.8, 4) is 0 Å². The molecule has 1 N–H and O–H groups in total. The first-order valence-electron chi connectivity index (χ1n) is 5.60. The van der Waals surface area contributed by atoms with Crippen molar-refractivity contribution in [1.82, 2.24) is 0 Å². The van der Waals surface area contributed by atoms with Gasteiger partial charge in [0.1, 0.15) is 0 Å². The fourth-order valence-corrected chi connectivity index (χ4v) is 2.18. The van der Waals surface area contributed by atoms with E-state index in [4.69, 9.17) is 4.55 Å². The predicted octanol–water partition coefficient (Wildman–Crippen LogP) is 1.53. The molecule has 0 aromatic heterocycles. The van der Waals surface area contributed by atoms with E-state index < -0.39 is 10.1 Å². The third kappa shape index (κ3) is 7.76. The second-order valence-electron chi connectivity index (χ2n) is 4.27. The molecule has 5 heteroatoms. The van der Waals surface area contributed by atoms with Gasteiger partial charge in [-0.1, -0.05) is 6.92 Å². The van der Waals surface area contributed by atoms with Gasteiger partial charge in [0.15, 0.2) is 0 Å². The molecule has 1 fully saturated rings. The molecule has 92 valence electrons. The Balaban J connectivity index is 0.000000336. The maximum atomic E-state index is 9.19. The lowest BCUT2D eigenvalue weighted by Crippen LogP contribution is -2.45. The van der Waals surface area contributed by atoms with E-state index in [-0.39, 0.29) is 0 Å². The minimum Gasteiger partial charge on any atom is -0.324 e. The van der Waals surface area contributed by atoms with Crippen LogP contribution < -0.4 is 0 Å². The van der Waals surface area contributed by atoms with Gasteiger partial charge in [-0.2, -0.15) is 8.42 Å². The van der Waals surface area contributed by atoms with E-state index in [9.17, 15) is 8.42 Å². The van der Waals surface area contributed by atoms with Crippen molar-refractivity contribution in [1.29, 1.82) is 0 Å². The van der Waals surface area contributed by atoms with Crippen LogP contribution in [0.3, 0.4) is 0 Å². The summed E-state index contributed by atoms with van der Waals surface area (Å²) in [6.07, 6.45) is 5.00. The molecule has 0 aromatic carbocycles. The molecular weight excluding hydrogens is 214 g/mol. The molecule has 0 aliphatic carbocycles. The summed E-state index contributed by atoms with van der Waals surface area (Å²) in [6, 6.07) is 0. The van der Waals surface area contributed by atoms with Gasteiger partial charge in [0.25, 0.3) is 10.1 Å². The third-order valence-corrected chi connectivity index (χ3v) is 2.88. The summed E-state index contributed by atoms with van der Waals surface area (Å²) in [4.78, 5) is 0. The molecular formula is C10H24NO3S+. The van der Waals surface area contributed by atoms with Crippen LogP contribution in [0.1, 0.15) is 33.1 Å². The smallest absolute Gasteiger partial charge is 0.261 e. The van der Waals surface area contributed by atoms with Crippen LogP contribution in [0.15, 0.2) is 0 Å². The molecule has 0 unspecified atom stereocenters. The quantitative estimate of drug-likeness (QED) is 0.599. The topological polar surface area (TPSA) is 54.4 Å². The summed E-state index contributed by atoms with van der Waals surface area (Å²) in [7, 11) is -3.67. The molecule has 1 aliphatic rings. The van der Waals surface area contributed by atoms with Gasteiger partial charge in [-0.15, -0.1) is 0 Å². The van der Waals surface area contributed by atoms with Gasteiger partial charge in [0.2, 0.25) is 0 Å². The van der Waals surface area contributed by atoms with Crippen molar-refractivity contribution in [2.75, 3.05) is 32.4 Å². The van der Waals surface area contributed by atoms with Gasteiger partial charge in [0.05, 0.1) is 32.4 Å². The maximum Gasteiger partial charge on any atom is 0.261 e. The van der Waals surface area contributed by atoms with E-state index in [2.05, 4.69) is 13.8 Å².